The summed E-state index contributed by atoms with van der Waals surface area (Å²) in [5, 5.41) is 4.00. The Kier molecular flexibility index (Phi) is 2.81. The third kappa shape index (κ3) is 2.33. The second kappa shape index (κ2) is 4.81. The lowest BCUT2D eigenvalue weighted by molar-refractivity contribution is 0.378. The SMILES string of the molecule is Fc1ccc(-c2noc(C3CC3c3ccccc3)n2)cc1. The Morgan fingerprint density at radius 3 is 2.48 bits per heavy atom. The van der Waals surface area contributed by atoms with E-state index in [1.807, 2.05) is 18.2 Å². The molecule has 1 aliphatic rings. The third-order valence-corrected chi connectivity index (χ3v) is 3.88. The lowest BCUT2D eigenvalue weighted by Gasteiger charge is -1.96. The van der Waals surface area contributed by atoms with Gasteiger partial charge < -0.3 is 4.52 Å². The van der Waals surface area contributed by atoms with Gasteiger partial charge in [0, 0.05) is 11.5 Å². The zero-order chi connectivity index (χ0) is 14.2. The number of nitrogens with zero attached hydrogens (tertiary/aromatic N) is 2. The predicted octanol–water partition coefficient (Wildman–Crippen LogP) is 4.15. The van der Waals surface area contributed by atoms with Crippen molar-refractivity contribution >= 4 is 0 Å². The van der Waals surface area contributed by atoms with E-state index >= 15 is 0 Å². The summed E-state index contributed by atoms with van der Waals surface area (Å²) < 4.78 is 18.3. The van der Waals surface area contributed by atoms with Gasteiger partial charge in [-0.15, -0.1) is 0 Å². The highest BCUT2D eigenvalue weighted by Crippen LogP contribution is 2.54. The van der Waals surface area contributed by atoms with Crippen molar-refractivity contribution in [3.63, 3.8) is 0 Å². The van der Waals surface area contributed by atoms with Crippen LogP contribution in [0.1, 0.15) is 29.7 Å². The van der Waals surface area contributed by atoms with Gasteiger partial charge in [0.1, 0.15) is 5.82 Å². The Bertz CT molecular complexity index is 752. The minimum absolute atomic E-state index is 0.270. The Balaban J connectivity index is 1.55. The molecule has 1 fully saturated rings. The van der Waals surface area contributed by atoms with Crippen LogP contribution < -0.4 is 0 Å². The summed E-state index contributed by atoms with van der Waals surface area (Å²) in [6.45, 7) is 0. The van der Waals surface area contributed by atoms with Crippen LogP contribution >= 0.6 is 0 Å². The highest BCUT2D eigenvalue weighted by Gasteiger charge is 2.43. The van der Waals surface area contributed by atoms with E-state index in [0.29, 0.717) is 23.6 Å². The topological polar surface area (TPSA) is 38.9 Å². The molecular weight excluding hydrogens is 267 g/mol. The number of hydrogen-bond acceptors (Lipinski definition) is 3. The second-order valence-corrected chi connectivity index (χ2v) is 5.32. The van der Waals surface area contributed by atoms with Crippen molar-refractivity contribution in [3.05, 3.63) is 71.9 Å². The van der Waals surface area contributed by atoms with Gasteiger partial charge in [-0.1, -0.05) is 35.5 Å². The Hall–Kier alpha value is -2.49. The third-order valence-electron chi connectivity index (χ3n) is 3.88. The van der Waals surface area contributed by atoms with Crippen LogP contribution in [-0.2, 0) is 0 Å². The van der Waals surface area contributed by atoms with E-state index in [4.69, 9.17) is 4.52 Å². The highest BCUT2D eigenvalue weighted by atomic mass is 19.1. The molecule has 3 aromatic rings. The molecule has 0 spiro atoms. The van der Waals surface area contributed by atoms with Crippen LogP contribution in [0.2, 0.25) is 0 Å². The lowest BCUT2D eigenvalue weighted by Crippen LogP contribution is -1.85. The molecule has 1 heterocycles. The molecule has 4 rings (SSSR count). The van der Waals surface area contributed by atoms with E-state index in [2.05, 4.69) is 22.3 Å². The summed E-state index contributed by atoms with van der Waals surface area (Å²) in [5.74, 6) is 1.68. The minimum atomic E-state index is -0.270. The molecule has 21 heavy (non-hydrogen) atoms. The fourth-order valence-electron chi connectivity index (χ4n) is 2.64. The van der Waals surface area contributed by atoms with Gasteiger partial charge in [-0.2, -0.15) is 4.98 Å². The quantitative estimate of drug-likeness (QED) is 0.723. The van der Waals surface area contributed by atoms with E-state index in [-0.39, 0.29) is 5.82 Å². The van der Waals surface area contributed by atoms with Crippen LogP contribution in [-0.4, -0.2) is 10.1 Å². The average molecular weight is 280 g/mol. The number of rotatable bonds is 3. The largest absolute Gasteiger partial charge is 0.339 e. The first-order chi connectivity index (χ1) is 10.3. The fraction of sp³-hybridized carbons (Fsp3) is 0.176. The first kappa shape index (κ1) is 12.3. The van der Waals surface area contributed by atoms with Gasteiger partial charge in [0.15, 0.2) is 0 Å². The maximum Gasteiger partial charge on any atom is 0.230 e. The standard InChI is InChI=1S/C17H13FN2O/c18-13-8-6-12(7-9-13)16-19-17(21-20-16)15-10-14(15)11-4-2-1-3-5-11/h1-9,14-15H,10H2. The van der Waals surface area contributed by atoms with E-state index < -0.39 is 0 Å². The number of benzene rings is 2. The van der Waals surface area contributed by atoms with Crippen molar-refractivity contribution in [2.75, 3.05) is 0 Å². The summed E-state index contributed by atoms with van der Waals surface area (Å²) in [6.07, 6.45) is 1.04. The van der Waals surface area contributed by atoms with Crippen molar-refractivity contribution in [2.24, 2.45) is 0 Å². The van der Waals surface area contributed by atoms with Crippen LogP contribution in [0.5, 0.6) is 0 Å². The fourth-order valence-corrected chi connectivity index (χ4v) is 2.64. The summed E-state index contributed by atoms with van der Waals surface area (Å²) in [7, 11) is 0. The van der Waals surface area contributed by atoms with Gasteiger partial charge in [0.2, 0.25) is 11.7 Å². The summed E-state index contributed by atoms with van der Waals surface area (Å²) in [5.41, 5.74) is 2.08. The molecule has 2 aromatic carbocycles. The smallest absolute Gasteiger partial charge is 0.230 e. The van der Waals surface area contributed by atoms with Crippen molar-refractivity contribution in [1.29, 1.82) is 0 Å². The average Bonchev–Trinajstić information content (AvgIpc) is 3.18. The molecule has 2 atom stereocenters. The van der Waals surface area contributed by atoms with E-state index in [9.17, 15) is 4.39 Å². The van der Waals surface area contributed by atoms with Crippen LogP contribution in [0.15, 0.2) is 59.1 Å². The Labute approximate surface area is 121 Å². The zero-order valence-corrected chi connectivity index (χ0v) is 11.2. The molecule has 4 heteroatoms. The Morgan fingerprint density at radius 1 is 0.952 bits per heavy atom. The highest BCUT2D eigenvalue weighted by molar-refractivity contribution is 5.54. The molecule has 0 amide bonds. The van der Waals surface area contributed by atoms with Crippen LogP contribution in [0.3, 0.4) is 0 Å². The molecule has 3 nitrogen and oxygen atoms in total. The van der Waals surface area contributed by atoms with Crippen molar-refractivity contribution in [3.8, 4) is 11.4 Å². The zero-order valence-electron chi connectivity index (χ0n) is 11.2. The minimum Gasteiger partial charge on any atom is -0.339 e. The first-order valence-electron chi connectivity index (χ1n) is 6.96. The molecule has 0 radical (unpaired) electrons. The molecule has 0 N–H and O–H groups in total. The molecule has 0 saturated heterocycles. The number of aromatic nitrogens is 2. The summed E-state index contributed by atoms with van der Waals surface area (Å²) >= 11 is 0. The van der Waals surface area contributed by atoms with Gasteiger partial charge >= 0.3 is 0 Å². The van der Waals surface area contributed by atoms with E-state index in [0.717, 1.165) is 12.0 Å². The Morgan fingerprint density at radius 2 is 1.71 bits per heavy atom. The maximum absolute atomic E-state index is 12.9. The van der Waals surface area contributed by atoms with Gasteiger partial charge in [0.05, 0.1) is 0 Å². The molecule has 0 bridgehead atoms. The molecular formula is C17H13FN2O. The number of hydrogen-bond donors (Lipinski definition) is 0. The maximum atomic E-state index is 12.9. The molecule has 2 unspecified atom stereocenters. The monoisotopic (exact) mass is 280 g/mol. The van der Waals surface area contributed by atoms with Crippen LogP contribution in [0.4, 0.5) is 4.39 Å². The second-order valence-electron chi connectivity index (χ2n) is 5.32. The summed E-state index contributed by atoms with van der Waals surface area (Å²) in [6, 6.07) is 16.5. The number of halogens is 1. The van der Waals surface area contributed by atoms with E-state index in [1.165, 1.54) is 17.7 Å². The van der Waals surface area contributed by atoms with Crippen LogP contribution in [0.25, 0.3) is 11.4 Å². The molecule has 1 aromatic heterocycles. The van der Waals surface area contributed by atoms with Crippen molar-refractivity contribution in [2.45, 2.75) is 18.3 Å². The van der Waals surface area contributed by atoms with Gasteiger partial charge in [-0.25, -0.2) is 4.39 Å². The van der Waals surface area contributed by atoms with Crippen molar-refractivity contribution < 1.29 is 8.91 Å². The lowest BCUT2D eigenvalue weighted by atomic mass is 10.1. The van der Waals surface area contributed by atoms with Crippen molar-refractivity contribution in [1.82, 2.24) is 10.1 Å². The molecule has 0 aliphatic heterocycles. The summed E-state index contributed by atoms with van der Waals surface area (Å²) in [4.78, 5) is 4.45. The predicted molar refractivity (Wildman–Crippen MR) is 76.2 cm³/mol. The van der Waals surface area contributed by atoms with Crippen LogP contribution in [0, 0.1) is 5.82 Å². The van der Waals surface area contributed by atoms with Gasteiger partial charge in [-0.3, -0.25) is 0 Å². The van der Waals surface area contributed by atoms with E-state index in [1.54, 1.807) is 12.1 Å². The molecule has 1 saturated carbocycles. The normalized spacial score (nSPS) is 20.4. The van der Waals surface area contributed by atoms with Gasteiger partial charge in [0.25, 0.3) is 0 Å². The van der Waals surface area contributed by atoms with Gasteiger partial charge in [-0.05, 0) is 42.2 Å². The molecule has 1 aliphatic carbocycles. The first-order valence-corrected chi connectivity index (χ1v) is 6.96. The molecule has 104 valence electrons.